The Morgan fingerprint density at radius 1 is 0.429 bits per heavy atom. The lowest BCUT2D eigenvalue weighted by Gasteiger charge is -2.13. The first kappa shape index (κ1) is 23.9. The van der Waals surface area contributed by atoms with Crippen molar-refractivity contribution in [3.05, 3.63) is 128 Å². The summed E-state index contributed by atoms with van der Waals surface area (Å²) in [5.74, 6) is 1.51. The third-order valence-corrected chi connectivity index (χ3v) is 7.33. The first-order valence-electron chi connectivity index (χ1n) is 13.6. The van der Waals surface area contributed by atoms with E-state index in [2.05, 4.69) is 64.6 Å². The van der Waals surface area contributed by atoms with Crippen molar-refractivity contribution >= 4 is 32.4 Å². The Labute approximate surface area is 240 Å². The number of nitrogens with zero attached hydrogens (tertiary/aromatic N) is 7. The normalized spacial score (nSPS) is 11.3. The molecule has 0 unspecified atom stereocenters. The summed E-state index contributed by atoms with van der Waals surface area (Å²) in [4.78, 5) is 32.6. The van der Waals surface area contributed by atoms with E-state index < -0.39 is 0 Å². The lowest BCUT2D eigenvalue weighted by Crippen LogP contribution is -2.01. The van der Waals surface area contributed by atoms with Crippen LogP contribution >= 0.6 is 0 Å². The molecule has 3 aromatic carbocycles. The molecule has 0 aliphatic carbocycles. The summed E-state index contributed by atoms with van der Waals surface area (Å²) >= 11 is 0. The number of fused-ring (bicyclic) bond motifs is 5. The minimum atomic E-state index is 0.469. The maximum absolute atomic E-state index is 5.10. The summed E-state index contributed by atoms with van der Waals surface area (Å²) < 4.78 is 0. The van der Waals surface area contributed by atoms with Crippen molar-refractivity contribution < 1.29 is 0 Å². The van der Waals surface area contributed by atoms with Gasteiger partial charge in [0.25, 0.3) is 0 Å². The van der Waals surface area contributed by atoms with E-state index >= 15 is 0 Å². The van der Waals surface area contributed by atoms with Gasteiger partial charge < -0.3 is 0 Å². The zero-order valence-corrected chi connectivity index (χ0v) is 22.3. The van der Waals surface area contributed by atoms with E-state index in [-0.39, 0.29) is 0 Å². The van der Waals surface area contributed by atoms with E-state index in [9.17, 15) is 0 Å². The maximum atomic E-state index is 5.10. The van der Waals surface area contributed by atoms with E-state index in [0.717, 1.165) is 38.7 Å². The molecule has 0 aliphatic rings. The maximum Gasteiger partial charge on any atom is 0.182 e. The summed E-state index contributed by atoms with van der Waals surface area (Å²) in [6, 6.07) is 32.6. The van der Waals surface area contributed by atoms with Gasteiger partial charge >= 0.3 is 0 Å². The lowest BCUT2D eigenvalue weighted by atomic mass is 9.95. The van der Waals surface area contributed by atoms with E-state index in [1.165, 1.54) is 16.2 Å². The quantitative estimate of drug-likeness (QED) is 0.213. The average molecular weight is 540 g/mol. The molecule has 8 aromatic rings. The molecule has 196 valence electrons. The number of benzene rings is 3. The molecule has 0 saturated carbocycles. The summed E-state index contributed by atoms with van der Waals surface area (Å²) in [5.41, 5.74) is 4.96. The largest absolute Gasteiger partial charge is 0.264 e. The smallest absolute Gasteiger partial charge is 0.182 e. The van der Waals surface area contributed by atoms with Crippen LogP contribution in [0.25, 0.3) is 78.0 Å². The van der Waals surface area contributed by atoms with Crippen LogP contribution in [0.4, 0.5) is 0 Å². The standard InChI is InChI=1S/C35H21N7/c1-2-10-26-22(7-1)13-15-28-31(26)27-11-3-4-12-29(27)39-32(28)23-14-16-30(38-21-23)35-41-33(24-8-5-17-36-19-24)40-34(42-35)25-9-6-18-37-20-25/h1-21H. The zero-order chi connectivity index (χ0) is 27.9. The number of para-hydroxylation sites is 1. The molecular formula is C35H21N7. The molecule has 5 heterocycles. The molecule has 0 atom stereocenters. The molecule has 0 spiro atoms. The van der Waals surface area contributed by atoms with Crippen molar-refractivity contribution in [2.45, 2.75) is 0 Å². The van der Waals surface area contributed by atoms with Gasteiger partial charge in [0.2, 0.25) is 0 Å². The zero-order valence-electron chi connectivity index (χ0n) is 22.3. The summed E-state index contributed by atoms with van der Waals surface area (Å²) in [6.07, 6.45) is 8.77. The van der Waals surface area contributed by atoms with Crippen molar-refractivity contribution in [2.75, 3.05) is 0 Å². The minimum Gasteiger partial charge on any atom is -0.264 e. The van der Waals surface area contributed by atoms with Gasteiger partial charge in [-0.1, -0.05) is 54.6 Å². The molecule has 0 bridgehead atoms. The molecule has 0 radical (unpaired) electrons. The van der Waals surface area contributed by atoms with Crippen molar-refractivity contribution in [3.63, 3.8) is 0 Å². The van der Waals surface area contributed by atoms with Crippen molar-refractivity contribution in [3.8, 4) is 45.6 Å². The van der Waals surface area contributed by atoms with Crippen LogP contribution in [0.2, 0.25) is 0 Å². The highest BCUT2D eigenvalue weighted by Gasteiger charge is 2.16. The van der Waals surface area contributed by atoms with Crippen molar-refractivity contribution in [1.29, 1.82) is 0 Å². The Kier molecular flexibility index (Phi) is 5.64. The van der Waals surface area contributed by atoms with Crippen LogP contribution < -0.4 is 0 Å². The third kappa shape index (κ3) is 4.12. The second kappa shape index (κ2) is 9.91. The minimum absolute atomic E-state index is 0.469. The number of rotatable bonds is 4. The summed E-state index contributed by atoms with van der Waals surface area (Å²) in [7, 11) is 0. The highest BCUT2D eigenvalue weighted by molar-refractivity contribution is 6.22. The van der Waals surface area contributed by atoms with Gasteiger partial charge in [0.1, 0.15) is 5.69 Å². The van der Waals surface area contributed by atoms with Gasteiger partial charge in [0, 0.05) is 63.8 Å². The van der Waals surface area contributed by atoms with E-state index in [1.54, 1.807) is 24.8 Å². The molecule has 0 fully saturated rings. The Morgan fingerprint density at radius 3 is 1.81 bits per heavy atom. The molecule has 0 aliphatic heterocycles. The first-order valence-corrected chi connectivity index (χ1v) is 13.6. The molecule has 0 saturated heterocycles. The predicted octanol–water partition coefficient (Wildman–Crippen LogP) is 7.58. The van der Waals surface area contributed by atoms with E-state index in [4.69, 9.17) is 24.9 Å². The summed E-state index contributed by atoms with van der Waals surface area (Å²) in [5, 5.41) is 5.81. The van der Waals surface area contributed by atoms with E-state index in [1.807, 2.05) is 48.7 Å². The van der Waals surface area contributed by atoms with Crippen LogP contribution in [0.3, 0.4) is 0 Å². The monoisotopic (exact) mass is 539 g/mol. The number of aromatic nitrogens is 7. The van der Waals surface area contributed by atoms with Crippen LogP contribution in [-0.4, -0.2) is 34.9 Å². The summed E-state index contributed by atoms with van der Waals surface area (Å²) in [6.45, 7) is 0. The average Bonchev–Trinajstić information content (AvgIpc) is 3.08. The van der Waals surface area contributed by atoms with Crippen LogP contribution in [0.15, 0.2) is 128 Å². The third-order valence-electron chi connectivity index (χ3n) is 7.33. The van der Waals surface area contributed by atoms with Crippen LogP contribution in [-0.2, 0) is 0 Å². The van der Waals surface area contributed by atoms with E-state index in [0.29, 0.717) is 23.2 Å². The van der Waals surface area contributed by atoms with Gasteiger partial charge in [0.05, 0.1) is 11.2 Å². The molecule has 7 heteroatoms. The highest BCUT2D eigenvalue weighted by atomic mass is 15.0. The first-order chi connectivity index (χ1) is 20.8. The molecule has 0 amide bonds. The molecule has 42 heavy (non-hydrogen) atoms. The van der Waals surface area contributed by atoms with Crippen molar-refractivity contribution in [1.82, 2.24) is 34.9 Å². The van der Waals surface area contributed by atoms with Crippen LogP contribution in [0.1, 0.15) is 0 Å². The SMILES string of the molecule is c1cncc(-c2nc(-c3cccnc3)nc(-c3ccc(-c4nc5ccccc5c5c4ccc4ccccc45)cn3)n2)c1. The fourth-order valence-corrected chi connectivity index (χ4v) is 5.35. The van der Waals surface area contributed by atoms with Gasteiger partial charge in [-0.15, -0.1) is 0 Å². The van der Waals surface area contributed by atoms with Crippen molar-refractivity contribution in [2.24, 2.45) is 0 Å². The second-order valence-corrected chi connectivity index (χ2v) is 9.91. The molecule has 5 aromatic heterocycles. The van der Waals surface area contributed by atoms with Gasteiger partial charge in [-0.3, -0.25) is 15.0 Å². The van der Waals surface area contributed by atoms with Gasteiger partial charge in [-0.05, 0) is 53.2 Å². The topological polar surface area (TPSA) is 90.2 Å². The lowest BCUT2D eigenvalue weighted by molar-refractivity contribution is 1.05. The highest BCUT2D eigenvalue weighted by Crippen LogP contribution is 2.37. The fourth-order valence-electron chi connectivity index (χ4n) is 5.35. The van der Waals surface area contributed by atoms with Crippen LogP contribution in [0, 0.1) is 0 Å². The Balaban J connectivity index is 1.28. The number of hydrogen-bond acceptors (Lipinski definition) is 7. The number of hydrogen-bond donors (Lipinski definition) is 0. The molecule has 7 nitrogen and oxygen atoms in total. The Morgan fingerprint density at radius 2 is 1.12 bits per heavy atom. The molecule has 8 rings (SSSR count). The Bertz CT molecular complexity index is 2160. The number of pyridine rings is 4. The molecular weight excluding hydrogens is 518 g/mol. The second-order valence-electron chi connectivity index (χ2n) is 9.91. The van der Waals surface area contributed by atoms with Gasteiger partial charge in [-0.2, -0.15) is 0 Å². The molecule has 0 N–H and O–H groups in total. The Hall–Kier alpha value is -5.95. The predicted molar refractivity (Wildman–Crippen MR) is 165 cm³/mol. The van der Waals surface area contributed by atoms with Gasteiger partial charge in [0.15, 0.2) is 17.5 Å². The van der Waals surface area contributed by atoms with Crippen LogP contribution in [0.5, 0.6) is 0 Å². The van der Waals surface area contributed by atoms with Gasteiger partial charge in [-0.25, -0.2) is 19.9 Å². The fraction of sp³-hybridized carbons (Fsp3) is 0.